The van der Waals surface area contributed by atoms with Crippen LogP contribution in [0.15, 0.2) is 85.1 Å². The highest BCUT2D eigenvalue weighted by Crippen LogP contribution is 2.22. The fourth-order valence-electron chi connectivity index (χ4n) is 4.17. The van der Waals surface area contributed by atoms with E-state index in [1.54, 1.807) is 10.8 Å². The van der Waals surface area contributed by atoms with E-state index in [0.717, 1.165) is 27.5 Å². The van der Waals surface area contributed by atoms with E-state index in [-0.39, 0.29) is 18.5 Å². The molecule has 0 saturated heterocycles. The maximum atomic E-state index is 13.1. The first-order valence-corrected chi connectivity index (χ1v) is 10.7. The van der Waals surface area contributed by atoms with Gasteiger partial charge in [-0.2, -0.15) is 0 Å². The van der Waals surface area contributed by atoms with Crippen molar-refractivity contribution in [1.82, 2.24) is 19.9 Å². The number of nitrogens with zero attached hydrogens (tertiary/aromatic N) is 2. The Morgan fingerprint density at radius 3 is 2.48 bits per heavy atom. The van der Waals surface area contributed by atoms with E-state index < -0.39 is 5.91 Å². The van der Waals surface area contributed by atoms with Crippen LogP contribution < -0.4 is 11.1 Å². The number of aromatic amines is 1. The Kier molecular flexibility index (Phi) is 5.36. The molecular formula is C26H23N5O2. The van der Waals surface area contributed by atoms with E-state index in [4.69, 9.17) is 10.7 Å². The van der Waals surface area contributed by atoms with Crippen molar-refractivity contribution < 1.29 is 9.59 Å². The molecule has 0 unspecified atom stereocenters. The number of fused-ring (bicyclic) bond motifs is 2. The minimum absolute atomic E-state index is 0.0549. The zero-order valence-electron chi connectivity index (χ0n) is 17.9. The van der Waals surface area contributed by atoms with Crippen LogP contribution in [-0.2, 0) is 17.8 Å². The summed E-state index contributed by atoms with van der Waals surface area (Å²) in [7, 11) is 0. The second-order valence-corrected chi connectivity index (χ2v) is 8.00. The van der Waals surface area contributed by atoms with Crippen LogP contribution in [-0.4, -0.2) is 26.3 Å². The number of carbonyl (C=O) groups is 2. The molecule has 2 amide bonds. The van der Waals surface area contributed by atoms with E-state index in [9.17, 15) is 9.59 Å². The fraction of sp³-hybridized carbons (Fsp3) is 0.115. The highest BCUT2D eigenvalue weighted by molar-refractivity contribution is 6.06. The maximum Gasteiger partial charge on any atom is 0.250 e. The monoisotopic (exact) mass is 437 g/mol. The number of para-hydroxylation sites is 3. The predicted molar refractivity (Wildman–Crippen MR) is 128 cm³/mol. The Balaban J connectivity index is 1.44. The highest BCUT2D eigenvalue weighted by atomic mass is 16.2. The van der Waals surface area contributed by atoms with Crippen LogP contribution >= 0.6 is 0 Å². The zero-order valence-corrected chi connectivity index (χ0v) is 17.9. The number of hydrogen-bond donors (Lipinski definition) is 3. The molecule has 0 spiro atoms. The van der Waals surface area contributed by atoms with Crippen LogP contribution in [0.4, 0.5) is 0 Å². The van der Waals surface area contributed by atoms with Gasteiger partial charge in [0.05, 0.1) is 22.6 Å². The molecule has 7 heteroatoms. The Bertz CT molecular complexity index is 1420. The second kappa shape index (κ2) is 8.63. The van der Waals surface area contributed by atoms with Gasteiger partial charge in [0.2, 0.25) is 5.91 Å². The molecule has 0 aliphatic carbocycles. The molecule has 0 aliphatic rings. The third-order valence-electron chi connectivity index (χ3n) is 5.72. The first-order valence-electron chi connectivity index (χ1n) is 10.7. The summed E-state index contributed by atoms with van der Waals surface area (Å²) in [6.07, 6.45) is 2.23. The Hall–Kier alpha value is -4.39. The van der Waals surface area contributed by atoms with E-state index >= 15 is 0 Å². The molecule has 0 fully saturated rings. The second-order valence-electron chi connectivity index (χ2n) is 8.00. The smallest absolute Gasteiger partial charge is 0.250 e. The quantitative estimate of drug-likeness (QED) is 0.361. The number of H-pyrrole nitrogens is 1. The minimum atomic E-state index is -0.519. The van der Waals surface area contributed by atoms with E-state index in [1.807, 2.05) is 78.9 Å². The van der Waals surface area contributed by atoms with Gasteiger partial charge < -0.3 is 20.6 Å². The summed E-state index contributed by atoms with van der Waals surface area (Å²) < 4.78 is 1.75. The predicted octanol–water partition coefficient (Wildman–Crippen LogP) is 3.72. The highest BCUT2D eigenvalue weighted by Gasteiger charge is 2.20. The summed E-state index contributed by atoms with van der Waals surface area (Å²) in [5, 5.41) is 3.86. The van der Waals surface area contributed by atoms with Crippen molar-refractivity contribution in [3.05, 3.63) is 102 Å². The number of aromatic nitrogens is 3. The van der Waals surface area contributed by atoms with Gasteiger partial charge in [0.1, 0.15) is 12.4 Å². The SMILES string of the molecule is NC(=O)c1cn(CC(=O)N[C@@H](Cc2ccccc2)c2nc3ccccc3[nH]2)c2ccccc12. The molecule has 0 radical (unpaired) electrons. The lowest BCUT2D eigenvalue weighted by Gasteiger charge is -2.17. The van der Waals surface area contributed by atoms with Gasteiger partial charge in [-0.1, -0.05) is 60.7 Å². The molecule has 0 bridgehead atoms. The van der Waals surface area contributed by atoms with Gasteiger partial charge in [-0.25, -0.2) is 4.98 Å². The summed E-state index contributed by atoms with van der Waals surface area (Å²) in [6.45, 7) is 0.0549. The number of benzene rings is 3. The van der Waals surface area contributed by atoms with E-state index in [0.29, 0.717) is 17.8 Å². The van der Waals surface area contributed by atoms with Gasteiger partial charge >= 0.3 is 0 Å². The third kappa shape index (κ3) is 4.21. The lowest BCUT2D eigenvalue weighted by molar-refractivity contribution is -0.122. The van der Waals surface area contributed by atoms with Gasteiger partial charge in [-0.05, 0) is 30.2 Å². The van der Waals surface area contributed by atoms with Crippen molar-refractivity contribution in [2.45, 2.75) is 19.0 Å². The molecule has 164 valence electrons. The van der Waals surface area contributed by atoms with E-state index in [2.05, 4.69) is 10.3 Å². The van der Waals surface area contributed by atoms with Gasteiger partial charge in [0.25, 0.3) is 5.91 Å². The van der Waals surface area contributed by atoms with Crippen molar-refractivity contribution >= 4 is 33.8 Å². The van der Waals surface area contributed by atoms with Crippen molar-refractivity contribution in [2.24, 2.45) is 5.73 Å². The first kappa shape index (κ1) is 20.5. The zero-order chi connectivity index (χ0) is 22.8. The average molecular weight is 438 g/mol. The molecule has 33 heavy (non-hydrogen) atoms. The normalized spacial score (nSPS) is 12.1. The van der Waals surface area contributed by atoms with Crippen molar-refractivity contribution in [3.63, 3.8) is 0 Å². The Morgan fingerprint density at radius 2 is 1.70 bits per heavy atom. The van der Waals surface area contributed by atoms with Crippen molar-refractivity contribution in [1.29, 1.82) is 0 Å². The molecule has 5 aromatic rings. The summed E-state index contributed by atoms with van der Waals surface area (Å²) >= 11 is 0. The summed E-state index contributed by atoms with van der Waals surface area (Å²) in [4.78, 5) is 33.0. The molecule has 5 rings (SSSR count). The summed E-state index contributed by atoms with van der Waals surface area (Å²) in [5.41, 5.74) is 9.58. The van der Waals surface area contributed by atoms with Gasteiger partial charge in [-0.15, -0.1) is 0 Å². The van der Waals surface area contributed by atoms with Crippen molar-refractivity contribution in [3.8, 4) is 0 Å². The number of nitrogens with one attached hydrogen (secondary N) is 2. The number of hydrogen-bond acceptors (Lipinski definition) is 3. The lowest BCUT2D eigenvalue weighted by Crippen LogP contribution is -2.33. The van der Waals surface area contributed by atoms with Crippen LogP contribution in [0.3, 0.4) is 0 Å². The molecule has 0 saturated carbocycles. The van der Waals surface area contributed by atoms with Gasteiger partial charge in [0, 0.05) is 17.1 Å². The Labute approximate surface area is 190 Å². The topological polar surface area (TPSA) is 106 Å². The number of imidazole rings is 1. The molecule has 4 N–H and O–H groups in total. The largest absolute Gasteiger partial charge is 0.366 e. The molecule has 0 aliphatic heterocycles. The fourth-order valence-corrected chi connectivity index (χ4v) is 4.17. The molecule has 2 aromatic heterocycles. The third-order valence-corrected chi connectivity index (χ3v) is 5.72. The number of primary amides is 1. The van der Waals surface area contributed by atoms with Gasteiger partial charge in [-0.3, -0.25) is 9.59 Å². The summed E-state index contributed by atoms with van der Waals surface area (Å²) in [6, 6.07) is 24.8. The van der Waals surface area contributed by atoms with Crippen LogP contribution in [0.1, 0.15) is 27.8 Å². The van der Waals surface area contributed by atoms with Crippen LogP contribution in [0.2, 0.25) is 0 Å². The van der Waals surface area contributed by atoms with Crippen LogP contribution in [0.5, 0.6) is 0 Å². The number of nitrogens with two attached hydrogens (primary N) is 1. The van der Waals surface area contributed by atoms with Crippen molar-refractivity contribution in [2.75, 3.05) is 0 Å². The number of amides is 2. The Morgan fingerprint density at radius 1 is 0.970 bits per heavy atom. The van der Waals surface area contributed by atoms with Crippen LogP contribution in [0, 0.1) is 0 Å². The average Bonchev–Trinajstić information content (AvgIpc) is 3.41. The van der Waals surface area contributed by atoms with E-state index in [1.165, 1.54) is 0 Å². The molecule has 7 nitrogen and oxygen atoms in total. The molecular weight excluding hydrogens is 414 g/mol. The summed E-state index contributed by atoms with van der Waals surface area (Å²) in [5.74, 6) is -0.00802. The molecule has 3 aromatic carbocycles. The standard InChI is InChI=1S/C26H23N5O2/c27-25(33)19-15-31(23-13-7-4-10-18(19)23)16-24(32)28-22(14-17-8-2-1-3-9-17)26-29-20-11-5-6-12-21(20)30-26/h1-13,15,22H,14,16H2,(H2,27,33)(H,28,32)(H,29,30)/t22-/m0/s1. The maximum absolute atomic E-state index is 13.1. The van der Waals surface area contributed by atoms with Gasteiger partial charge in [0.15, 0.2) is 0 Å². The first-order chi connectivity index (χ1) is 16.1. The molecule has 2 heterocycles. The van der Waals surface area contributed by atoms with Crippen LogP contribution in [0.25, 0.3) is 21.9 Å². The number of rotatable bonds is 7. The minimum Gasteiger partial charge on any atom is -0.366 e. The molecule has 1 atom stereocenters. The number of carbonyl (C=O) groups excluding carboxylic acids is 2. The lowest BCUT2D eigenvalue weighted by atomic mass is 10.1.